The van der Waals surface area contributed by atoms with Gasteiger partial charge in [0, 0.05) is 10.6 Å². The zero-order chi connectivity index (χ0) is 12.4. The number of halogens is 2. The Bertz CT molecular complexity index is 548. The van der Waals surface area contributed by atoms with Gasteiger partial charge in [0.2, 0.25) is 0 Å². The predicted octanol–water partition coefficient (Wildman–Crippen LogP) is 3.94. The van der Waals surface area contributed by atoms with E-state index in [-0.39, 0.29) is 0 Å². The maximum atomic E-state index is 12.2. The summed E-state index contributed by atoms with van der Waals surface area (Å²) in [5, 5.41) is 0.436. The highest BCUT2D eigenvalue weighted by molar-refractivity contribution is 7.84. The third-order valence-electron chi connectivity index (χ3n) is 2.13. The number of hydrogen-bond acceptors (Lipinski definition) is 3. The Kier molecular flexibility index (Phi) is 4.09. The van der Waals surface area contributed by atoms with Gasteiger partial charge in [-0.1, -0.05) is 29.3 Å². The molecule has 0 saturated heterocycles. The molecular formula is C11H9Cl2NOS2. The molecule has 17 heavy (non-hydrogen) atoms. The van der Waals surface area contributed by atoms with E-state index in [0.717, 1.165) is 4.88 Å². The number of thiophene rings is 1. The normalized spacial score (nSPS) is 12.6. The highest BCUT2D eigenvalue weighted by Gasteiger charge is 2.13. The Hall–Kier alpha value is -0.550. The Morgan fingerprint density at radius 1 is 1.24 bits per heavy atom. The number of benzene rings is 1. The van der Waals surface area contributed by atoms with Gasteiger partial charge >= 0.3 is 0 Å². The Morgan fingerprint density at radius 2 is 2.00 bits per heavy atom. The van der Waals surface area contributed by atoms with E-state index in [2.05, 4.69) is 0 Å². The van der Waals surface area contributed by atoms with Crippen LogP contribution in [0.3, 0.4) is 0 Å². The molecule has 1 unspecified atom stereocenters. The molecule has 2 nitrogen and oxygen atoms in total. The molecule has 1 aromatic heterocycles. The van der Waals surface area contributed by atoms with Crippen LogP contribution in [0.15, 0.2) is 35.2 Å². The molecule has 2 aromatic rings. The first-order chi connectivity index (χ1) is 8.08. The first-order valence-corrected chi connectivity index (χ1v) is 7.63. The molecule has 0 aliphatic carbocycles. The fraction of sp³-hybridized carbons (Fsp3) is 0.0909. The molecule has 2 N–H and O–H groups in total. The maximum absolute atomic E-state index is 12.2. The van der Waals surface area contributed by atoms with Gasteiger partial charge < -0.3 is 5.73 Å². The number of nitrogen functional groups attached to an aromatic ring is 1. The highest BCUT2D eigenvalue weighted by Crippen LogP contribution is 2.29. The maximum Gasteiger partial charge on any atom is 0.0931 e. The smallest absolute Gasteiger partial charge is 0.0931 e. The minimum absolute atomic E-state index is 0.380. The summed E-state index contributed by atoms with van der Waals surface area (Å²) in [5.74, 6) is 0.380. The highest BCUT2D eigenvalue weighted by atomic mass is 35.5. The molecule has 0 fully saturated rings. The van der Waals surface area contributed by atoms with Crippen molar-refractivity contribution in [3.63, 3.8) is 0 Å². The summed E-state index contributed by atoms with van der Waals surface area (Å²) in [7, 11) is -1.25. The van der Waals surface area contributed by atoms with Crippen LogP contribution in [0, 0.1) is 0 Å². The molecule has 6 heteroatoms. The third-order valence-corrected chi connectivity index (χ3v) is 5.45. The van der Waals surface area contributed by atoms with Crippen molar-refractivity contribution in [2.45, 2.75) is 10.6 Å². The summed E-state index contributed by atoms with van der Waals surface area (Å²) in [6.07, 6.45) is 0. The average Bonchev–Trinajstić information content (AvgIpc) is 2.63. The van der Waals surface area contributed by atoms with Crippen molar-refractivity contribution >= 4 is 51.0 Å². The average molecular weight is 306 g/mol. The van der Waals surface area contributed by atoms with Crippen molar-refractivity contribution in [3.8, 4) is 0 Å². The molecule has 0 aliphatic rings. The Morgan fingerprint density at radius 3 is 2.59 bits per heavy atom. The van der Waals surface area contributed by atoms with Crippen molar-refractivity contribution in [2.24, 2.45) is 0 Å². The number of anilines is 1. The van der Waals surface area contributed by atoms with Gasteiger partial charge in [-0.05, 0) is 24.3 Å². The van der Waals surface area contributed by atoms with Gasteiger partial charge in [0.15, 0.2) is 0 Å². The molecule has 1 aromatic carbocycles. The fourth-order valence-electron chi connectivity index (χ4n) is 1.40. The molecule has 0 aliphatic heterocycles. The first-order valence-electron chi connectivity index (χ1n) is 4.74. The molecule has 90 valence electrons. The summed E-state index contributed by atoms with van der Waals surface area (Å²) in [5.41, 5.74) is 6.24. The number of rotatable bonds is 3. The van der Waals surface area contributed by atoms with Gasteiger partial charge in [0.1, 0.15) is 0 Å². The molecule has 0 amide bonds. The van der Waals surface area contributed by atoms with E-state index in [4.69, 9.17) is 28.9 Å². The van der Waals surface area contributed by atoms with Crippen molar-refractivity contribution in [1.82, 2.24) is 0 Å². The molecular weight excluding hydrogens is 297 g/mol. The van der Waals surface area contributed by atoms with E-state index in [1.807, 2.05) is 6.07 Å². The molecule has 1 atom stereocenters. The monoisotopic (exact) mass is 305 g/mol. The van der Waals surface area contributed by atoms with E-state index in [1.54, 1.807) is 24.3 Å². The molecule has 0 spiro atoms. The van der Waals surface area contributed by atoms with E-state index in [9.17, 15) is 4.21 Å². The number of hydrogen-bond donors (Lipinski definition) is 1. The van der Waals surface area contributed by atoms with Crippen molar-refractivity contribution in [2.75, 3.05) is 5.73 Å². The van der Waals surface area contributed by atoms with Crippen LogP contribution in [0.5, 0.6) is 0 Å². The second-order valence-corrected chi connectivity index (χ2v) is 6.95. The van der Waals surface area contributed by atoms with E-state index in [1.165, 1.54) is 11.3 Å². The third kappa shape index (κ3) is 3.01. The fourth-order valence-corrected chi connectivity index (χ4v) is 4.39. The standard InChI is InChI=1S/C11H9Cl2NOS2/c12-8-2-1-3-9(14)11(8)17(15)6-7-4-5-10(13)16-7/h1-5H,6,14H2. The van der Waals surface area contributed by atoms with Gasteiger partial charge in [-0.15, -0.1) is 11.3 Å². The predicted molar refractivity (Wildman–Crippen MR) is 75.3 cm³/mol. The zero-order valence-electron chi connectivity index (χ0n) is 8.65. The lowest BCUT2D eigenvalue weighted by atomic mass is 10.3. The van der Waals surface area contributed by atoms with Gasteiger partial charge in [0.05, 0.1) is 30.8 Å². The van der Waals surface area contributed by atoms with E-state index >= 15 is 0 Å². The Balaban J connectivity index is 2.26. The SMILES string of the molecule is Nc1cccc(Cl)c1S(=O)Cc1ccc(Cl)s1. The second-order valence-electron chi connectivity index (χ2n) is 3.35. The van der Waals surface area contributed by atoms with Crippen LogP contribution in [0.4, 0.5) is 5.69 Å². The second kappa shape index (κ2) is 5.40. The summed E-state index contributed by atoms with van der Waals surface area (Å²) in [6.45, 7) is 0. The van der Waals surface area contributed by atoms with Gasteiger partial charge in [0.25, 0.3) is 0 Å². The van der Waals surface area contributed by atoms with Crippen LogP contribution in [0.25, 0.3) is 0 Å². The summed E-state index contributed by atoms with van der Waals surface area (Å²) < 4.78 is 12.9. The van der Waals surface area contributed by atoms with E-state index in [0.29, 0.717) is 25.7 Å². The van der Waals surface area contributed by atoms with Crippen LogP contribution in [0.1, 0.15) is 4.88 Å². The molecule has 1 heterocycles. The quantitative estimate of drug-likeness (QED) is 0.873. The molecule has 0 saturated carbocycles. The molecule has 0 radical (unpaired) electrons. The zero-order valence-corrected chi connectivity index (χ0v) is 11.8. The van der Waals surface area contributed by atoms with Crippen molar-refractivity contribution in [1.29, 1.82) is 0 Å². The minimum atomic E-state index is -1.25. The van der Waals surface area contributed by atoms with Gasteiger partial charge in [-0.25, -0.2) is 0 Å². The van der Waals surface area contributed by atoms with Crippen molar-refractivity contribution < 1.29 is 4.21 Å². The largest absolute Gasteiger partial charge is 0.398 e. The van der Waals surface area contributed by atoms with Crippen LogP contribution >= 0.6 is 34.5 Å². The Labute approximate surface area is 116 Å². The minimum Gasteiger partial charge on any atom is -0.398 e. The van der Waals surface area contributed by atoms with Crippen LogP contribution in [-0.4, -0.2) is 4.21 Å². The number of nitrogens with two attached hydrogens (primary N) is 1. The van der Waals surface area contributed by atoms with E-state index < -0.39 is 10.8 Å². The van der Waals surface area contributed by atoms with Crippen LogP contribution in [-0.2, 0) is 16.6 Å². The van der Waals surface area contributed by atoms with Gasteiger partial charge in [-0.2, -0.15) is 0 Å². The summed E-state index contributed by atoms with van der Waals surface area (Å²) in [4.78, 5) is 1.45. The van der Waals surface area contributed by atoms with Gasteiger partial charge in [-0.3, -0.25) is 4.21 Å². The molecule has 2 rings (SSSR count). The molecule has 0 bridgehead atoms. The lowest BCUT2D eigenvalue weighted by Crippen LogP contribution is -2.00. The van der Waals surface area contributed by atoms with Crippen LogP contribution in [0.2, 0.25) is 9.36 Å². The summed E-state index contributed by atoms with van der Waals surface area (Å²) in [6, 6.07) is 8.76. The summed E-state index contributed by atoms with van der Waals surface area (Å²) >= 11 is 13.2. The topological polar surface area (TPSA) is 43.1 Å². The lowest BCUT2D eigenvalue weighted by molar-refractivity contribution is 0.683. The van der Waals surface area contributed by atoms with Crippen molar-refractivity contribution in [3.05, 3.63) is 44.6 Å². The van der Waals surface area contributed by atoms with Crippen LogP contribution < -0.4 is 5.73 Å². The lowest BCUT2D eigenvalue weighted by Gasteiger charge is -2.06. The first kappa shape index (κ1) is 12.9.